The van der Waals surface area contributed by atoms with E-state index in [1.165, 1.54) is 34.1 Å². The van der Waals surface area contributed by atoms with Crippen molar-refractivity contribution in [3.8, 4) is 11.3 Å². The van der Waals surface area contributed by atoms with Gasteiger partial charge in [-0.25, -0.2) is 19.1 Å². The average molecular weight is 457 g/mol. The number of hydrogen-bond acceptors (Lipinski definition) is 7. The van der Waals surface area contributed by atoms with E-state index >= 15 is 0 Å². The Kier molecular flexibility index (Phi) is 4.90. The highest BCUT2D eigenvalue weighted by Gasteiger charge is 2.49. The Bertz CT molecular complexity index is 1290. The van der Waals surface area contributed by atoms with Crippen LogP contribution in [0.4, 0.5) is 28.0 Å². The van der Waals surface area contributed by atoms with Crippen molar-refractivity contribution in [2.24, 2.45) is 0 Å². The van der Waals surface area contributed by atoms with Gasteiger partial charge < -0.3 is 19.5 Å². The first-order valence-electron chi connectivity index (χ1n) is 9.06. The third-order valence-electron chi connectivity index (χ3n) is 4.63. The monoisotopic (exact) mass is 457 g/mol. The van der Waals surface area contributed by atoms with Crippen LogP contribution in [0, 0.1) is 0 Å². The van der Waals surface area contributed by atoms with Crippen molar-refractivity contribution >= 4 is 17.4 Å². The number of aromatic nitrogens is 5. The Morgan fingerprint density at radius 2 is 2.06 bits per heavy atom. The van der Waals surface area contributed by atoms with E-state index in [4.69, 9.17) is 0 Å². The summed E-state index contributed by atoms with van der Waals surface area (Å²) in [6, 6.07) is 1.43. The van der Waals surface area contributed by atoms with E-state index in [1.807, 2.05) is 0 Å². The number of nitrogens with zero attached hydrogens (tertiary/aromatic N) is 5. The smallest absolute Gasteiger partial charge is 0.408 e. The zero-order chi connectivity index (χ0) is 23.3. The van der Waals surface area contributed by atoms with Gasteiger partial charge in [-0.3, -0.25) is 9.78 Å². The molecule has 1 amide bonds. The third-order valence-corrected chi connectivity index (χ3v) is 4.63. The van der Waals surface area contributed by atoms with Gasteiger partial charge in [0.25, 0.3) is 11.4 Å². The Morgan fingerprint density at radius 3 is 2.72 bits per heavy atom. The molecular weight excluding hydrogens is 442 g/mol. The molecule has 0 radical (unpaired) electrons. The highest BCUT2D eigenvalue weighted by atomic mass is 19.4. The van der Waals surface area contributed by atoms with Crippen LogP contribution < -0.4 is 16.1 Å². The summed E-state index contributed by atoms with van der Waals surface area (Å²) in [5.41, 5.74) is -0.590. The largest absolute Gasteiger partial charge is 0.412 e. The van der Waals surface area contributed by atoms with Gasteiger partial charge in [0.2, 0.25) is 0 Å². The molecule has 1 aliphatic heterocycles. The number of imidazole rings is 1. The van der Waals surface area contributed by atoms with Gasteiger partial charge in [0.15, 0.2) is 5.65 Å². The quantitative estimate of drug-likeness (QED) is 0.557. The molecule has 0 aliphatic carbocycles. The van der Waals surface area contributed by atoms with E-state index in [1.54, 1.807) is 0 Å². The molecule has 2 N–H and O–H groups in total. The zero-order valence-electron chi connectivity index (χ0n) is 16.3. The summed E-state index contributed by atoms with van der Waals surface area (Å²) in [6.45, 7) is -2.54. The molecule has 0 unspecified atom stereocenters. The molecule has 3 aromatic rings. The van der Waals surface area contributed by atoms with E-state index in [-0.39, 0.29) is 16.2 Å². The van der Waals surface area contributed by atoms with E-state index in [9.17, 15) is 31.9 Å². The molecule has 4 rings (SSSR count). The number of halogens is 4. The fraction of sp³-hybridized carbons (Fsp3) is 0.353. The fourth-order valence-electron chi connectivity index (χ4n) is 3.19. The number of hydrogen-bond donors (Lipinski definition) is 2. The number of fused-ring (bicyclic) bond motifs is 1. The Morgan fingerprint density at radius 1 is 1.34 bits per heavy atom. The summed E-state index contributed by atoms with van der Waals surface area (Å²) in [4.78, 5) is 45.3. The molecule has 11 nitrogen and oxygen atoms in total. The maximum atomic E-state index is 14.8. The lowest BCUT2D eigenvalue weighted by Crippen LogP contribution is -2.62. The summed E-state index contributed by atoms with van der Waals surface area (Å²) in [5.74, 6) is -2.51. The molecule has 0 bridgehead atoms. The van der Waals surface area contributed by atoms with Crippen LogP contribution >= 0.6 is 0 Å². The van der Waals surface area contributed by atoms with E-state index in [0.717, 1.165) is 7.05 Å². The number of H-pyrrole nitrogens is 2. The molecule has 1 aliphatic rings. The summed E-state index contributed by atoms with van der Waals surface area (Å²) >= 11 is 0. The lowest BCUT2D eigenvalue weighted by Gasteiger charge is -2.44. The summed E-state index contributed by atoms with van der Waals surface area (Å²) in [5, 5.41) is 4.23. The van der Waals surface area contributed by atoms with Crippen LogP contribution in [0.25, 0.3) is 16.9 Å². The Balaban J connectivity index is 1.56. The van der Waals surface area contributed by atoms with Gasteiger partial charge in [-0.05, 0) is 6.07 Å². The fourth-order valence-corrected chi connectivity index (χ4v) is 3.19. The number of amides is 1. The lowest BCUT2D eigenvalue weighted by molar-refractivity contribution is -0.154. The van der Waals surface area contributed by atoms with Crippen LogP contribution in [0.5, 0.6) is 0 Å². The first kappa shape index (κ1) is 21.3. The molecule has 1 fully saturated rings. The normalized spacial score (nSPS) is 15.5. The van der Waals surface area contributed by atoms with Crippen LogP contribution in [0.3, 0.4) is 0 Å². The van der Waals surface area contributed by atoms with Crippen molar-refractivity contribution in [1.82, 2.24) is 29.5 Å². The first-order valence-corrected chi connectivity index (χ1v) is 9.06. The molecule has 4 heterocycles. The van der Waals surface area contributed by atoms with E-state index < -0.39 is 49.0 Å². The highest BCUT2D eigenvalue weighted by molar-refractivity contribution is 5.76. The molecule has 3 aromatic heterocycles. The maximum absolute atomic E-state index is 14.8. The van der Waals surface area contributed by atoms with Crippen LogP contribution in [0.1, 0.15) is 0 Å². The number of carbonyl (C=O) groups excluding carboxylic acids is 1. The number of carbonyl (C=O) groups is 1. The van der Waals surface area contributed by atoms with Crippen molar-refractivity contribution in [1.29, 1.82) is 0 Å². The Hall–Kier alpha value is -3.91. The van der Waals surface area contributed by atoms with Gasteiger partial charge in [0, 0.05) is 25.6 Å². The van der Waals surface area contributed by atoms with Crippen LogP contribution in [-0.4, -0.2) is 74.3 Å². The minimum Gasteiger partial charge on any atom is -0.408 e. The third kappa shape index (κ3) is 4.13. The number of ether oxygens (including phenoxy) is 1. The standard InChI is InChI=1S/C17H15F4N7O4/c1-26(8-17(19,20)21)15(31)32-16(18)6-27(7-16)11-4-10(25-28-3-2-22-12(11)28)9-5-23-14(30)24-13(9)29/h2-5H,6-8H2,1H3,(H2,23,24,29,30). The first-order chi connectivity index (χ1) is 14.9. The number of nitrogens with one attached hydrogen (secondary N) is 2. The molecule has 170 valence electrons. The molecule has 0 spiro atoms. The summed E-state index contributed by atoms with van der Waals surface area (Å²) < 4.78 is 58.0. The molecule has 15 heteroatoms. The minimum absolute atomic E-state index is 0.0358. The maximum Gasteiger partial charge on any atom is 0.412 e. The second kappa shape index (κ2) is 7.35. The minimum atomic E-state index is -4.65. The predicted molar refractivity (Wildman–Crippen MR) is 101 cm³/mol. The summed E-state index contributed by atoms with van der Waals surface area (Å²) in [7, 11) is 0.848. The number of rotatable bonds is 4. The second-order valence-corrected chi connectivity index (χ2v) is 7.17. The van der Waals surface area contributed by atoms with Crippen molar-refractivity contribution in [3.63, 3.8) is 0 Å². The van der Waals surface area contributed by atoms with E-state index in [0.29, 0.717) is 11.3 Å². The van der Waals surface area contributed by atoms with Gasteiger partial charge in [0.1, 0.15) is 12.2 Å². The van der Waals surface area contributed by atoms with Gasteiger partial charge in [-0.15, -0.1) is 0 Å². The van der Waals surface area contributed by atoms with Crippen LogP contribution in [-0.2, 0) is 4.74 Å². The molecular formula is C17H15F4N7O4. The molecule has 32 heavy (non-hydrogen) atoms. The highest BCUT2D eigenvalue weighted by Crippen LogP contribution is 2.35. The van der Waals surface area contributed by atoms with E-state index in [2.05, 4.69) is 24.8 Å². The van der Waals surface area contributed by atoms with Gasteiger partial charge in [0.05, 0.1) is 24.3 Å². The second-order valence-electron chi connectivity index (χ2n) is 7.17. The topological polar surface area (TPSA) is 129 Å². The van der Waals surface area contributed by atoms with Crippen molar-refractivity contribution < 1.29 is 27.1 Å². The van der Waals surface area contributed by atoms with Gasteiger partial charge in [-0.2, -0.15) is 22.7 Å². The lowest BCUT2D eigenvalue weighted by atomic mass is 10.1. The predicted octanol–water partition coefficient (Wildman–Crippen LogP) is 0.889. The molecule has 0 saturated carbocycles. The van der Waals surface area contributed by atoms with Crippen molar-refractivity contribution in [3.05, 3.63) is 45.5 Å². The van der Waals surface area contributed by atoms with Gasteiger partial charge >= 0.3 is 18.0 Å². The van der Waals surface area contributed by atoms with Crippen molar-refractivity contribution in [2.75, 3.05) is 31.6 Å². The van der Waals surface area contributed by atoms with Crippen LogP contribution in [0.2, 0.25) is 0 Å². The molecule has 1 saturated heterocycles. The van der Waals surface area contributed by atoms with Gasteiger partial charge in [-0.1, -0.05) is 0 Å². The zero-order valence-corrected chi connectivity index (χ0v) is 16.3. The number of alkyl halides is 4. The Labute approximate surface area is 175 Å². The number of anilines is 1. The molecule has 0 aromatic carbocycles. The summed E-state index contributed by atoms with van der Waals surface area (Å²) in [6.07, 6.45) is -2.03. The van der Waals surface area contributed by atoms with Crippen molar-refractivity contribution in [2.45, 2.75) is 12.0 Å². The number of aromatic amines is 2. The average Bonchev–Trinajstić information content (AvgIpc) is 3.12. The SMILES string of the molecule is CN(CC(F)(F)F)C(=O)OC1(F)CN(c2cc(-c3c[nH]c(=O)[nH]c3=O)nn3ccnc23)C1. The molecule has 0 atom stereocenters. The van der Waals surface area contributed by atoms with Crippen LogP contribution in [0.15, 0.2) is 34.2 Å².